The maximum atomic E-state index is 12.8. The third-order valence-corrected chi connectivity index (χ3v) is 6.64. The Morgan fingerprint density at radius 2 is 1.97 bits per heavy atom. The fraction of sp³-hybridized carbons (Fsp3) is 0.227. The smallest absolute Gasteiger partial charge is 0.257 e. The molecule has 1 amide bonds. The van der Waals surface area contributed by atoms with E-state index in [4.69, 9.17) is 21.3 Å². The molecule has 29 heavy (non-hydrogen) atoms. The number of thiazole rings is 1. The molecule has 4 aromatic rings. The van der Waals surface area contributed by atoms with Gasteiger partial charge in [0.05, 0.1) is 27.9 Å². The van der Waals surface area contributed by atoms with E-state index in [1.165, 1.54) is 11.3 Å². The summed E-state index contributed by atoms with van der Waals surface area (Å²) in [5, 5.41) is 5.12. The third kappa shape index (κ3) is 3.32. The molecule has 0 bridgehead atoms. The van der Waals surface area contributed by atoms with Crippen molar-refractivity contribution in [3.63, 3.8) is 0 Å². The van der Waals surface area contributed by atoms with Gasteiger partial charge in [0.1, 0.15) is 5.75 Å². The maximum absolute atomic E-state index is 12.8. The highest BCUT2D eigenvalue weighted by Gasteiger charge is 2.18. The Balaban J connectivity index is 1.46. The van der Waals surface area contributed by atoms with Gasteiger partial charge in [-0.1, -0.05) is 29.0 Å². The Labute approximate surface area is 176 Å². The highest BCUT2D eigenvalue weighted by molar-refractivity contribution is 7.22. The lowest BCUT2D eigenvalue weighted by Crippen LogP contribution is -2.12. The predicted octanol–water partition coefficient (Wildman–Crippen LogP) is 5.64. The molecule has 0 radical (unpaired) electrons. The molecule has 2 aromatic carbocycles. The van der Waals surface area contributed by atoms with Crippen molar-refractivity contribution in [2.24, 2.45) is 0 Å². The van der Waals surface area contributed by atoms with E-state index in [0.29, 0.717) is 10.7 Å². The summed E-state index contributed by atoms with van der Waals surface area (Å²) in [6, 6.07) is 11.1. The number of aromatic nitrogens is 2. The van der Waals surface area contributed by atoms with Crippen LogP contribution in [0.3, 0.4) is 0 Å². The van der Waals surface area contributed by atoms with Crippen molar-refractivity contribution in [1.29, 1.82) is 0 Å². The number of pyridine rings is 1. The van der Waals surface area contributed by atoms with Gasteiger partial charge < -0.3 is 4.74 Å². The number of rotatable bonds is 3. The molecule has 5 nitrogen and oxygen atoms in total. The van der Waals surface area contributed by atoms with Crippen molar-refractivity contribution in [2.45, 2.75) is 25.7 Å². The third-order valence-electron chi connectivity index (χ3n) is 5.27. The number of aryl methyl sites for hydroxylation is 1. The van der Waals surface area contributed by atoms with Crippen LogP contribution in [-0.4, -0.2) is 23.0 Å². The van der Waals surface area contributed by atoms with Gasteiger partial charge in [0.2, 0.25) is 0 Å². The molecule has 7 heteroatoms. The minimum absolute atomic E-state index is 0.214. The standard InChI is InChI=1S/C22H18ClN3O2S/c1-28-13-7-9-17-19(11-13)29-22(25-17)26-21(27)12-6-8-15-18(10-12)24-16-5-3-2-4-14(16)20(15)23/h6-11H,2-5H2,1H3,(H,25,26,27). The number of nitrogens with one attached hydrogen (secondary N) is 1. The van der Waals surface area contributed by atoms with Gasteiger partial charge in [-0.05, 0) is 61.6 Å². The summed E-state index contributed by atoms with van der Waals surface area (Å²) < 4.78 is 6.20. The van der Waals surface area contributed by atoms with Crippen LogP contribution >= 0.6 is 22.9 Å². The van der Waals surface area contributed by atoms with Crippen LogP contribution in [0.1, 0.15) is 34.5 Å². The van der Waals surface area contributed by atoms with E-state index in [2.05, 4.69) is 10.3 Å². The van der Waals surface area contributed by atoms with Gasteiger partial charge in [-0.15, -0.1) is 0 Å². The van der Waals surface area contributed by atoms with Crippen molar-refractivity contribution in [3.05, 3.63) is 58.2 Å². The van der Waals surface area contributed by atoms with E-state index < -0.39 is 0 Å². The van der Waals surface area contributed by atoms with Gasteiger partial charge in [0, 0.05) is 16.6 Å². The number of hydrogen-bond donors (Lipinski definition) is 1. The first-order valence-electron chi connectivity index (χ1n) is 9.49. The second-order valence-corrected chi connectivity index (χ2v) is 8.51. The molecule has 1 aliphatic rings. The van der Waals surface area contributed by atoms with E-state index in [0.717, 1.165) is 68.8 Å². The second-order valence-electron chi connectivity index (χ2n) is 7.10. The first kappa shape index (κ1) is 18.3. The van der Waals surface area contributed by atoms with Gasteiger partial charge in [-0.25, -0.2) is 4.98 Å². The van der Waals surface area contributed by atoms with Crippen LogP contribution in [0.25, 0.3) is 21.1 Å². The number of carbonyl (C=O) groups excluding carboxylic acids is 1. The molecule has 1 N–H and O–H groups in total. The molecule has 0 atom stereocenters. The van der Waals surface area contributed by atoms with Crippen LogP contribution in [0.5, 0.6) is 5.75 Å². The molecule has 2 aromatic heterocycles. The summed E-state index contributed by atoms with van der Waals surface area (Å²) in [6.45, 7) is 0. The molecule has 0 spiro atoms. The first-order valence-corrected chi connectivity index (χ1v) is 10.7. The minimum Gasteiger partial charge on any atom is -0.497 e. The quantitative estimate of drug-likeness (QED) is 0.463. The van der Waals surface area contributed by atoms with Crippen LogP contribution in [0.4, 0.5) is 5.13 Å². The summed E-state index contributed by atoms with van der Waals surface area (Å²) in [7, 11) is 1.63. The van der Waals surface area contributed by atoms with Crippen molar-refractivity contribution in [2.75, 3.05) is 12.4 Å². The normalized spacial score (nSPS) is 13.4. The zero-order chi connectivity index (χ0) is 20.0. The van der Waals surface area contributed by atoms with E-state index in [9.17, 15) is 4.79 Å². The number of fused-ring (bicyclic) bond motifs is 3. The molecule has 146 valence electrons. The van der Waals surface area contributed by atoms with Crippen LogP contribution in [0.15, 0.2) is 36.4 Å². The topological polar surface area (TPSA) is 64.1 Å². The monoisotopic (exact) mass is 423 g/mol. The van der Waals surface area contributed by atoms with Crippen molar-refractivity contribution in [1.82, 2.24) is 9.97 Å². The fourth-order valence-corrected chi connectivity index (χ4v) is 5.02. The van der Waals surface area contributed by atoms with Crippen molar-refractivity contribution in [3.8, 4) is 5.75 Å². The zero-order valence-electron chi connectivity index (χ0n) is 15.8. The summed E-state index contributed by atoms with van der Waals surface area (Å²) >= 11 is 8.05. The predicted molar refractivity (Wildman–Crippen MR) is 118 cm³/mol. The molecule has 0 saturated carbocycles. The van der Waals surface area contributed by atoms with Gasteiger partial charge in [0.15, 0.2) is 5.13 Å². The number of amides is 1. The Bertz CT molecular complexity index is 1270. The van der Waals surface area contributed by atoms with Gasteiger partial charge in [0.25, 0.3) is 5.91 Å². The largest absolute Gasteiger partial charge is 0.497 e. The molecule has 2 heterocycles. The Hall–Kier alpha value is -2.70. The molecule has 0 aliphatic heterocycles. The molecule has 1 aliphatic carbocycles. The van der Waals surface area contributed by atoms with Crippen molar-refractivity contribution >= 4 is 55.1 Å². The van der Waals surface area contributed by atoms with E-state index in [1.54, 1.807) is 13.2 Å². The molecular formula is C22H18ClN3O2S. The second kappa shape index (κ2) is 7.28. The van der Waals surface area contributed by atoms with Crippen molar-refractivity contribution < 1.29 is 9.53 Å². The summed E-state index contributed by atoms with van der Waals surface area (Å²) in [5.41, 5.74) is 4.34. The van der Waals surface area contributed by atoms with E-state index >= 15 is 0 Å². The van der Waals surface area contributed by atoms with E-state index in [-0.39, 0.29) is 5.91 Å². The molecule has 0 unspecified atom stereocenters. The number of benzene rings is 2. The number of halogens is 1. The van der Waals surface area contributed by atoms with Gasteiger partial charge in [-0.3, -0.25) is 15.1 Å². The van der Waals surface area contributed by atoms with Crippen LogP contribution in [0, 0.1) is 0 Å². The maximum Gasteiger partial charge on any atom is 0.257 e. The van der Waals surface area contributed by atoms with Crippen LogP contribution in [-0.2, 0) is 12.8 Å². The average molecular weight is 424 g/mol. The number of methoxy groups -OCH3 is 1. The summed E-state index contributed by atoms with van der Waals surface area (Å²) in [4.78, 5) is 22.1. The lowest BCUT2D eigenvalue weighted by Gasteiger charge is -2.17. The number of carbonyl (C=O) groups is 1. The molecule has 0 fully saturated rings. The number of anilines is 1. The Morgan fingerprint density at radius 3 is 2.83 bits per heavy atom. The SMILES string of the molecule is COc1ccc2nc(NC(=O)c3ccc4c(Cl)c5c(nc4c3)CCCC5)sc2c1. The molecular weight excluding hydrogens is 406 g/mol. The minimum atomic E-state index is -0.214. The lowest BCUT2D eigenvalue weighted by molar-refractivity contribution is 0.102. The summed E-state index contributed by atoms with van der Waals surface area (Å²) in [6.07, 6.45) is 4.19. The lowest BCUT2D eigenvalue weighted by atomic mass is 9.94. The zero-order valence-corrected chi connectivity index (χ0v) is 17.4. The molecule has 5 rings (SSSR count). The summed E-state index contributed by atoms with van der Waals surface area (Å²) in [5.74, 6) is 0.549. The molecule has 0 saturated heterocycles. The Morgan fingerprint density at radius 1 is 1.10 bits per heavy atom. The van der Waals surface area contributed by atoms with E-state index in [1.807, 2.05) is 30.3 Å². The number of ether oxygens (including phenoxy) is 1. The van der Waals surface area contributed by atoms with Crippen LogP contribution in [0.2, 0.25) is 5.02 Å². The first-order chi connectivity index (χ1) is 14.1. The number of hydrogen-bond acceptors (Lipinski definition) is 5. The fourth-order valence-electron chi connectivity index (χ4n) is 3.76. The van der Waals surface area contributed by atoms with Gasteiger partial charge >= 0.3 is 0 Å². The average Bonchev–Trinajstić information content (AvgIpc) is 3.14. The van der Waals surface area contributed by atoms with Crippen LogP contribution < -0.4 is 10.1 Å². The highest BCUT2D eigenvalue weighted by Crippen LogP contribution is 2.33. The highest BCUT2D eigenvalue weighted by atomic mass is 35.5. The number of nitrogens with zero attached hydrogens (tertiary/aromatic N) is 2. The van der Waals surface area contributed by atoms with Gasteiger partial charge in [-0.2, -0.15) is 0 Å². The Kier molecular flexibility index (Phi) is 4.60.